The lowest BCUT2D eigenvalue weighted by Crippen LogP contribution is -2.05. The van der Waals surface area contributed by atoms with Crippen molar-refractivity contribution in [2.24, 2.45) is 0 Å². The van der Waals surface area contributed by atoms with Gasteiger partial charge in [0.15, 0.2) is 0 Å². The van der Waals surface area contributed by atoms with Crippen molar-refractivity contribution in [1.82, 2.24) is 0 Å². The van der Waals surface area contributed by atoms with Crippen LogP contribution in [0.4, 0.5) is 0 Å². The zero-order chi connectivity index (χ0) is 15.0. The Bertz CT molecular complexity index is 879. The molecule has 3 rings (SSSR count). The number of hydrogen-bond acceptors (Lipinski definition) is 5. The van der Waals surface area contributed by atoms with Crippen molar-refractivity contribution >= 4 is 11.0 Å². The number of methoxy groups -OCH3 is 1. The molecule has 0 fully saturated rings. The van der Waals surface area contributed by atoms with Gasteiger partial charge < -0.3 is 19.4 Å². The molecule has 0 spiro atoms. The molecule has 21 heavy (non-hydrogen) atoms. The Morgan fingerprint density at radius 2 is 1.71 bits per heavy atom. The van der Waals surface area contributed by atoms with Gasteiger partial charge >= 0.3 is 0 Å². The predicted molar refractivity (Wildman–Crippen MR) is 77.8 cm³/mol. The Hall–Kier alpha value is -2.95. The lowest BCUT2D eigenvalue weighted by Gasteiger charge is -2.09. The first-order valence-electron chi connectivity index (χ1n) is 6.22. The van der Waals surface area contributed by atoms with E-state index in [0.717, 1.165) is 0 Å². The number of fused-ring (bicyclic) bond motifs is 1. The summed E-state index contributed by atoms with van der Waals surface area (Å²) in [7, 11) is 1.46. The normalized spacial score (nSPS) is 10.7. The molecule has 1 aromatic heterocycles. The van der Waals surface area contributed by atoms with Gasteiger partial charge in [0.05, 0.1) is 18.1 Å². The van der Waals surface area contributed by atoms with Crippen LogP contribution in [0.25, 0.3) is 22.1 Å². The van der Waals surface area contributed by atoms with E-state index in [2.05, 4.69) is 0 Å². The van der Waals surface area contributed by atoms with Gasteiger partial charge in [-0.05, 0) is 24.3 Å². The summed E-state index contributed by atoms with van der Waals surface area (Å²) in [5.41, 5.74) is 0.922. The van der Waals surface area contributed by atoms with E-state index in [1.54, 1.807) is 6.07 Å². The van der Waals surface area contributed by atoms with Crippen molar-refractivity contribution < 1.29 is 19.4 Å². The molecule has 2 N–H and O–H groups in total. The minimum absolute atomic E-state index is 0.0283. The molecule has 2 aromatic carbocycles. The van der Waals surface area contributed by atoms with Crippen molar-refractivity contribution in [3.63, 3.8) is 0 Å². The third-order valence-corrected chi connectivity index (χ3v) is 3.23. The van der Waals surface area contributed by atoms with Crippen LogP contribution < -0.4 is 10.2 Å². The maximum absolute atomic E-state index is 12.5. The van der Waals surface area contributed by atoms with Gasteiger partial charge in [-0.25, -0.2) is 0 Å². The van der Waals surface area contributed by atoms with Gasteiger partial charge in [-0.15, -0.1) is 0 Å². The van der Waals surface area contributed by atoms with Crippen LogP contribution in [0.15, 0.2) is 51.9 Å². The second-order valence-corrected chi connectivity index (χ2v) is 4.54. The summed E-state index contributed by atoms with van der Waals surface area (Å²) in [6.45, 7) is 0. The first kappa shape index (κ1) is 13.1. The molecule has 0 saturated heterocycles. The molecule has 0 atom stereocenters. The van der Waals surface area contributed by atoms with Crippen LogP contribution in [0, 0.1) is 0 Å². The van der Waals surface area contributed by atoms with Crippen LogP contribution in [0.3, 0.4) is 0 Å². The number of aromatic hydroxyl groups is 2. The number of ether oxygens (including phenoxy) is 1. The van der Waals surface area contributed by atoms with Gasteiger partial charge in [-0.1, -0.05) is 0 Å². The standard InChI is InChI=1S/C16H12O5/c1-20-14-6-9(17)2-4-11(14)13-8-21-15-7-10(18)3-5-12(15)16(13)19/h2-8,17-18H,1H3. The fourth-order valence-electron chi connectivity index (χ4n) is 2.21. The Morgan fingerprint density at radius 3 is 2.48 bits per heavy atom. The van der Waals surface area contributed by atoms with E-state index in [-0.39, 0.29) is 16.9 Å². The zero-order valence-corrected chi connectivity index (χ0v) is 11.2. The first-order valence-corrected chi connectivity index (χ1v) is 6.22. The van der Waals surface area contributed by atoms with Crippen LogP contribution >= 0.6 is 0 Å². The number of phenolic OH excluding ortho intramolecular Hbond substituents is 2. The molecule has 0 aliphatic heterocycles. The quantitative estimate of drug-likeness (QED) is 0.756. The first-order chi connectivity index (χ1) is 10.1. The third kappa shape index (κ3) is 2.18. The van der Waals surface area contributed by atoms with Crippen LogP contribution in [0.5, 0.6) is 17.2 Å². The van der Waals surface area contributed by atoms with Gasteiger partial charge in [0.1, 0.15) is 29.1 Å². The zero-order valence-electron chi connectivity index (χ0n) is 11.2. The second kappa shape index (κ2) is 4.86. The van der Waals surface area contributed by atoms with Gasteiger partial charge in [-0.2, -0.15) is 0 Å². The molecule has 5 nitrogen and oxygen atoms in total. The van der Waals surface area contributed by atoms with E-state index in [0.29, 0.717) is 27.8 Å². The smallest absolute Gasteiger partial charge is 0.200 e. The highest BCUT2D eigenvalue weighted by molar-refractivity contribution is 5.84. The van der Waals surface area contributed by atoms with E-state index < -0.39 is 0 Å². The average Bonchev–Trinajstić information content (AvgIpc) is 2.48. The van der Waals surface area contributed by atoms with Crippen molar-refractivity contribution in [1.29, 1.82) is 0 Å². The molecule has 5 heteroatoms. The molecule has 3 aromatic rings. The summed E-state index contributed by atoms with van der Waals surface area (Å²) < 4.78 is 10.6. The monoisotopic (exact) mass is 284 g/mol. The summed E-state index contributed by atoms with van der Waals surface area (Å²) in [4.78, 5) is 12.5. The molecule has 0 radical (unpaired) electrons. The van der Waals surface area contributed by atoms with E-state index in [9.17, 15) is 15.0 Å². The lowest BCUT2D eigenvalue weighted by molar-refractivity contribution is 0.409. The van der Waals surface area contributed by atoms with Crippen molar-refractivity contribution in [2.45, 2.75) is 0 Å². The highest BCUT2D eigenvalue weighted by atomic mass is 16.5. The average molecular weight is 284 g/mol. The number of benzene rings is 2. The van der Waals surface area contributed by atoms with Crippen molar-refractivity contribution in [2.75, 3.05) is 7.11 Å². The highest BCUT2D eigenvalue weighted by Gasteiger charge is 2.14. The largest absolute Gasteiger partial charge is 0.508 e. The molecule has 0 aliphatic carbocycles. The predicted octanol–water partition coefficient (Wildman–Crippen LogP) is 2.88. The molecule has 0 amide bonds. The fraction of sp³-hybridized carbons (Fsp3) is 0.0625. The van der Waals surface area contributed by atoms with Gasteiger partial charge in [0.25, 0.3) is 0 Å². The second-order valence-electron chi connectivity index (χ2n) is 4.54. The minimum atomic E-state index is -0.236. The van der Waals surface area contributed by atoms with Crippen molar-refractivity contribution in [3.8, 4) is 28.4 Å². The Balaban J connectivity index is 2.29. The molecule has 106 valence electrons. The lowest BCUT2D eigenvalue weighted by atomic mass is 10.0. The van der Waals surface area contributed by atoms with E-state index in [1.807, 2.05) is 0 Å². The Kier molecular flexibility index (Phi) is 3.02. The molecular formula is C16H12O5. The van der Waals surface area contributed by atoms with Crippen LogP contribution in [-0.4, -0.2) is 17.3 Å². The summed E-state index contributed by atoms with van der Waals surface area (Å²) in [6, 6.07) is 8.80. The molecular weight excluding hydrogens is 272 g/mol. The van der Waals surface area contributed by atoms with Crippen molar-refractivity contribution in [3.05, 3.63) is 52.9 Å². The number of phenols is 2. The highest BCUT2D eigenvalue weighted by Crippen LogP contribution is 2.32. The summed E-state index contributed by atoms with van der Waals surface area (Å²) >= 11 is 0. The SMILES string of the molecule is COc1cc(O)ccc1-c1coc2cc(O)ccc2c1=O. The summed E-state index contributed by atoms with van der Waals surface area (Å²) in [6.07, 6.45) is 1.32. The van der Waals surface area contributed by atoms with Crippen LogP contribution in [0.1, 0.15) is 0 Å². The Labute approximate surface area is 119 Å². The van der Waals surface area contributed by atoms with Crippen LogP contribution in [0.2, 0.25) is 0 Å². The maximum atomic E-state index is 12.5. The number of hydrogen-bond donors (Lipinski definition) is 2. The maximum Gasteiger partial charge on any atom is 0.200 e. The van der Waals surface area contributed by atoms with Crippen LogP contribution in [-0.2, 0) is 0 Å². The van der Waals surface area contributed by atoms with Gasteiger partial charge in [0, 0.05) is 17.7 Å². The summed E-state index contributed by atoms with van der Waals surface area (Å²) in [5.74, 6) is 0.451. The Morgan fingerprint density at radius 1 is 1.00 bits per heavy atom. The van der Waals surface area contributed by atoms with Gasteiger partial charge in [-0.3, -0.25) is 4.79 Å². The minimum Gasteiger partial charge on any atom is -0.508 e. The van der Waals surface area contributed by atoms with E-state index in [4.69, 9.17) is 9.15 Å². The fourth-order valence-corrected chi connectivity index (χ4v) is 2.21. The van der Waals surface area contributed by atoms with E-state index in [1.165, 1.54) is 43.7 Å². The molecule has 1 heterocycles. The molecule has 0 unspecified atom stereocenters. The molecule has 0 saturated carbocycles. The molecule has 0 aliphatic rings. The summed E-state index contributed by atoms with van der Waals surface area (Å²) in [5, 5.41) is 19.2. The molecule has 0 bridgehead atoms. The number of rotatable bonds is 2. The third-order valence-electron chi connectivity index (χ3n) is 3.23. The van der Waals surface area contributed by atoms with Gasteiger partial charge in [0.2, 0.25) is 5.43 Å². The van der Waals surface area contributed by atoms with E-state index >= 15 is 0 Å². The topological polar surface area (TPSA) is 79.9 Å².